The first kappa shape index (κ1) is 41.1. The van der Waals surface area contributed by atoms with Gasteiger partial charge < -0.3 is 9.30 Å². The van der Waals surface area contributed by atoms with E-state index in [0.717, 1.165) is 56.9 Å². The van der Waals surface area contributed by atoms with E-state index in [1.54, 1.807) is 19.9 Å². The molecule has 0 spiro atoms. The highest BCUT2D eigenvalue weighted by Crippen LogP contribution is 2.29. The number of carbonyl (C=O) groups is 1. The molecule has 4 rings (SSSR count). The van der Waals surface area contributed by atoms with Crippen molar-refractivity contribution >= 4 is 53.0 Å². The SMILES string of the molecule is C#CC.C/C(Cl)=C\CCl.C/C=C(\C)c1cn(-c2cccc(N(CC)SNC=O)c2)c(Cc2ccc(-c3cccc(OC(C)(C)C)c3)cc2)n1. The third-order valence-corrected chi connectivity index (χ3v) is 7.98. The number of nitrogens with zero attached hydrogens (tertiary/aromatic N) is 3. The lowest BCUT2D eigenvalue weighted by atomic mass is 10.0. The summed E-state index contributed by atoms with van der Waals surface area (Å²) in [7, 11) is 0. The van der Waals surface area contributed by atoms with Gasteiger partial charge in [0.2, 0.25) is 6.41 Å². The Bertz CT molecular complexity index is 1710. The first-order valence-electron chi connectivity index (χ1n) is 16.0. The number of hydrogen-bond donors (Lipinski definition) is 1. The van der Waals surface area contributed by atoms with Crippen molar-refractivity contribution in [2.75, 3.05) is 16.7 Å². The van der Waals surface area contributed by atoms with Crippen LogP contribution in [-0.4, -0.2) is 34.0 Å². The molecule has 6 nitrogen and oxygen atoms in total. The average Bonchev–Trinajstić information content (AvgIpc) is 3.49. The molecule has 0 radical (unpaired) electrons. The zero-order valence-corrected chi connectivity index (χ0v) is 32.1. The van der Waals surface area contributed by atoms with Gasteiger partial charge in [0.1, 0.15) is 17.2 Å². The van der Waals surface area contributed by atoms with E-state index < -0.39 is 0 Å². The van der Waals surface area contributed by atoms with Crippen LogP contribution >= 0.6 is 35.3 Å². The van der Waals surface area contributed by atoms with Crippen LogP contribution in [0.25, 0.3) is 22.4 Å². The first-order valence-corrected chi connectivity index (χ1v) is 17.7. The third kappa shape index (κ3) is 14.1. The monoisotopic (exact) mass is 718 g/mol. The molecule has 0 fully saturated rings. The van der Waals surface area contributed by atoms with Crippen LogP contribution in [0, 0.1) is 12.3 Å². The molecule has 49 heavy (non-hydrogen) atoms. The largest absolute Gasteiger partial charge is 0.488 e. The smallest absolute Gasteiger partial charge is 0.218 e. The summed E-state index contributed by atoms with van der Waals surface area (Å²) >= 11 is 11.9. The molecule has 260 valence electrons. The van der Waals surface area contributed by atoms with E-state index >= 15 is 0 Å². The molecule has 0 atom stereocenters. The number of alkyl halides is 1. The number of amides is 1. The molecular formula is C40H48Cl2N4O2S. The van der Waals surface area contributed by atoms with Crippen LogP contribution in [0.1, 0.15) is 72.5 Å². The normalized spacial score (nSPS) is 11.3. The van der Waals surface area contributed by atoms with Crippen LogP contribution in [0.2, 0.25) is 0 Å². The van der Waals surface area contributed by atoms with Crippen LogP contribution in [0.3, 0.4) is 0 Å². The number of allylic oxidation sites excluding steroid dienone is 4. The first-order chi connectivity index (χ1) is 23.4. The van der Waals surface area contributed by atoms with Gasteiger partial charge >= 0.3 is 0 Å². The fourth-order valence-electron chi connectivity index (χ4n) is 4.48. The molecule has 0 saturated carbocycles. The summed E-state index contributed by atoms with van der Waals surface area (Å²) in [5.41, 5.74) is 7.32. The Kier molecular flexibility index (Phi) is 17.7. The fourth-order valence-corrected chi connectivity index (χ4v) is 5.39. The third-order valence-electron chi connectivity index (χ3n) is 6.78. The van der Waals surface area contributed by atoms with Gasteiger partial charge in [0.25, 0.3) is 0 Å². The predicted octanol–water partition coefficient (Wildman–Crippen LogP) is 10.9. The second-order valence-electron chi connectivity index (χ2n) is 11.8. The highest BCUT2D eigenvalue weighted by Gasteiger charge is 2.15. The molecule has 4 aromatic rings. The Morgan fingerprint density at radius 1 is 1.08 bits per heavy atom. The zero-order valence-electron chi connectivity index (χ0n) is 29.8. The van der Waals surface area contributed by atoms with Gasteiger partial charge in [-0.2, -0.15) is 0 Å². The van der Waals surface area contributed by atoms with E-state index in [4.69, 9.17) is 32.9 Å². The highest BCUT2D eigenvalue weighted by atomic mass is 35.5. The number of terminal acetylenes is 1. The average molecular weight is 720 g/mol. The summed E-state index contributed by atoms with van der Waals surface area (Å²) in [4.78, 5) is 15.9. The minimum absolute atomic E-state index is 0.242. The summed E-state index contributed by atoms with van der Waals surface area (Å²) in [6, 6.07) is 25.2. The van der Waals surface area contributed by atoms with E-state index in [2.05, 4.69) is 117 Å². The standard InChI is InChI=1S/C33H38N4O2S.C4H6Cl2.C3H4/c1-7-24(3)31-22-36(28-12-10-13-29(21-28)37(8-2)40-34-23-38)32(35-31)19-25-15-17-26(18-16-25)27-11-9-14-30(20-27)39-33(4,5)6;1-4(6)2-3-5;1-3-2/h7,9-18,20-23H,8,19H2,1-6H3,(H,34,38);2H,3H2,1H3;1H,2H3/b24-7+;4-2+;. The van der Waals surface area contributed by atoms with Crippen molar-refractivity contribution in [2.45, 2.75) is 67.4 Å². The van der Waals surface area contributed by atoms with Gasteiger partial charge in [-0.15, -0.1) is 23.9 Å². The predicted molar refractivity (Wildman–Crippen MR) is 213 cm³/mol. The molecule has 0 aliphatic carbocycles. The molecule has 9 heteroatoms. The molecule has 0 aliphatic heterocycles. The minimum Gasteiger partial charge on any atom is -0.488 e. The number of ether oxygens (including phenoxy) is 1. The molecule has 0 bridgehead atoms. The number of hydrogen-bond acceptors (Lipinski definition) is 5. The van der Waals surface area contributed by atoms with Crippen LogP contribution in [0.4, 0.5) is 5.69 Å². The van der Waals surface area contributed by atoms with Gasteiger partial charge in [0.15, 0.2) is 0 Å². The Labute approximate surface area is 307 Å². The van der Waals surface area contributed by atoms with E-state index in [1.165, 1.54) is 17.7 Å². The summed E-state index contributed by atoms with van der Waals surface area (Å²) in [6.45, 7) is 16.5. The molecule has 1 amide bonds. The van der Waals surface area contributed by atoms with Crippen molar-refractivity contribution in [3.05, 3.63) is 113 Å². The Hall–Kier alpha value is -4.09. The van der Waals surface area contributed by atoms with Crippen molar-refractivity contribution in [2.24, 2.45) is 0 Å². The van der Waals surface area contributed by atoms with Gasteiger partial charge in [0.05, 0.1) is 23.5 Å². The Balaban J connectivity index is 0.000000823. The van der Waals surface area contributed by atoms with Crippen molar-refractivity contribution < 1.29 is 9.53 Å². The Morgan fingerprint density at radius 3 is 2.31 bits per heavy atom. The molecule has 1 aromatic heterocycles. The second kappa shape index (κ2) is 21.1. The lowest BCUT2D eigenvalue weighted by Gasteiger charge is -2.21. The number of benzene rings is 3. The number of imidazole rings is 1. The molecule has 3 aromatic carbocycles. The summed E-state index contributed by atoms with van der Waals surface area (Å²) < 4.78 is 12.9. The maximum atomic E-state index is 10.8. The van der Waals surface area contributed by atoms with Crippen LogP contribution in [0.5, 0.6) is 5.75 Å². The van der Waals surface area contributed by atoms with E-state index in [-0.39, 0.29) is 5.60 Å². The van der Waals surface area contributed by atoms with Crippen LogP contribution in [-0.2, 0) is 11.2 Å². The van der Waals surface area contributed by atoms with Gasteiger partial charge in [-0.3, -0.25) is 13.8 Å². The number of anilines is 1. The van der Waals surface area contributed by atoms with E-state index in [1.807, 2.05) is 35.5 Å². The lowest BCUT2D eigenvalue weighted by Crippen LogP contribution is -2.22. The lowest BCUT2D eigenvalue weighted by molar-refractivity contribution is -0.107. The summed E-state index contributed by atoms with van der Waals surface area (Å²) in [5.74, 6) is 4.59. The molecule has 0 unspecified atom stereocenters. The highest BCUT2D eigenvalue weighted by molar-refractivity contribution is 7.99. The van der Waals surface area contributed by atoms with Crippen molar-refractivity contribution in [3.63, 3.8) is 0 Å². The maximum absolute atomic E-state index is 10.8. The van der Waals surface area contributed by atoms with Gasteiger partial charge in [-0.05, 0) is 108 Å². The number of rotatable bonds is 12. The maximum Gasteiger partial charge on any atom is 0.218 e. The van der Waals surface area contributed by atoms with Gasteiger partial charge in [0, 0.05) is 35.8 Å². The summed E-state index contributed by atoms with van der Waals surface area (Å²) in [5, 5.41) is 0.755. The summed E-state index contributed by atoms with van der Waals surface area (Å²) in [6.07, 6.45) is 11.9. The van der Waals surface area contributed by atoms with Gasteiger partial charge in [-0.25, -0.2) is 4.98 Å². The molecule has 1 N–H and O–H groups in total. The number of halogens is 2. The van der Waals surface area contributed by atoms with E-state index in [0.29, 0.717) is 18.7 Å². The molecule has 0 aliphatic rings. The molecule has 1 heterocycles. The zero-order chi connectivity index (χ0) is 36.4. The number of nitrogens with one attached hydrogen (secondary N) is 1. The Morgan fingerprint density at radius 2 is 1.76 bits per heavy atom. The van der Waals surface area contributed by atoms with Crippen molar-refractivity contribution in [1.82, 2.24) is 14.3 Å². The number of carbonyl (C=O) groups excluding carboxylic acids is 1. The van der Waals surface area contributed by atoms with Crippen molar-refractivity contribution in [1.29, 1.82) is 0 Å². The molecular weight excluding hydrogens is 671 g/mol. The van der Waals surface area contributed by atoms with Gasteiger partial charge in [-0.1, -0.05) is 66.2 Å². The quantitative estimate of drug-likeness (QED) is 0.0684. The number of aromatic nitrogens is 2. The van der Waals surface area contributed by atoms with Crippen LogP contribution < -0.4 is 13.8 Å². The topological polar surface area (TPSA) is 59.4 Å². The van der Waals surface area contributed by atoms with Crippen LogP contribution in [0.15, 0.2) is 96.2 Å². The van der Waals surface area contributed by atoms with Crippen molar-refractivity contribution in [3.8, 4) is 34.9 Å². The fraction of sp³-hybridized carbons (Fsp3) is 0.300. The molecule has 0 saturated heterocycles. The minimum atomic E-state index is -0.242. The second-order valence-corrected chi connectivity index (χ2v) is 13.5. The van der Waals surface area contributed by atoms with E-state index in [9.17, 15) is 4.79 Å².